The van der Waals surface area contributed by atoms with Gasteiger partial charge in [-0.05, 0) is 85.4 Å². The second-order valence-corrected chi connectivity index (χ2v) is 7.89. The van der Waals surface area contributed by atoms with Crippen LogP contribution in [-0.4, -0.2) is 6.54 Å². The molecule has 1 aromatic rings. The van der Waals surface area contributed by atoms with Crippen LogP contribution < -0.4 is 5.73 Å². The SMILES string of the molecule is Cl.NCC12CC3CC(C1)CC(c1ccc(Cl)cc1)(C3)C2. The van der Waals surface area contributed by atoms with Crippen LogP contribution in [0, 0.1) is 17.3 Å². The van der Waals surface area contributed by atoms with E-state index >= 15 is 0 Å². The number of rotatable bonds is 2. The Morgan fingerprint density at radius 1 is 1.05 bits per heavy atom. The summed E-state index contributed by atoms with van der Waals surface area (Å²) in [5.41, 5.74) is 8.54. The van der Waals surface area contributed by atoms with Gasteiger partial charge in [0, 0.05) is 5.02 Å². The highest BCUT2D eigenvalue weighted by Gasteiger charge is 2.57. The maximum absolute atomic E-state index is 6.17. The van der Waals surface area contributed by atoms with Crippen LogP contribution in [0.1, 0.15) is 44.1 Å². The summed E-state index contributed by atoms with van der Waals surface area (Å²) < 4.78 is 0. The predicted molar refractivity (Wildman–Crippen MR) is 86.5 cm³/mol. The normalized spacial score (nSPS) is 41.5. The molecule has 0 aromatic heterocycles. The number of benzene rings is 1. The summed E-state index contributed by atoms with van der Waals surface area (Å²) in [5.74, 6) is 1.83. The van der Waals surface area contributed by atoms with Gasteiger partial charge < -0.3 is 5.73 Å². The lowest BCUT2D eigenvalue weighted by atomic mass is 9.43. The van der Waals surface area contributed by atoms with Gasteiger partial charge in [-0.15, -0.1) is 12.4 Å². The zero-order valence-corrected chi connectivity index (χ0v) is 13.3. The molecule has 4 bridgehead atoms. The highest BCUT2D eigenvalue weighted by atomic mass is 35.5. The third kappa shape index (κ3) is 2.10. The molecule has 2 N–H and O–H groups in total. The molecule has 0 spiro atoms. The van der Waals surface area contributed by atoms with Gasteiger partial charge in [0.05, 0.1) is 0 Å². The van der Waals surface area contributed by atoms with Crippen LogP contribution in [-0.2, 0) is 5.41 Å². The van der Waals surface area contributed by atoms with Crippen molar-refractivity contribution in [2.45, 2.75) is 43.9 Å². The minimum Gasteiger partial charge on any atom is -0.330 e. The summed E-state index contributed by atoms with van der Waals surface area (Å²) in [6.45, 7) is 0.884. The molecular weight excluding hydrogens is 289 g/mol. The minimum absolute atomic E-state index is 0. The Morgan fingerprint density at radius 2 is 1.65 bits per heavy atom. The Labute approximate surface area is 132 Å². The molecule has 4 aliphatic rings. The van der Waals surface area contributed by atoms with Crippen LogP contribution in [0.3, 0.4) is 0 Å². The van der Waals surface area contributed by atoms with Gasteiger partial charge in [-0.1, -0.05) is 23.7 Å². The van der Waals surface area contributed by atoms with Gasteiger partial charge >= 0.3 is 0 Å². The van der Waals surface area contributed by atoms with Crippen molar-refractivity contribution in [3.8, 4) is 0 Å². The third-order valence-electron chi connectivity index (χ3n) is 6.07. The van der Waals surface area contributed by atoms with Crippen LogP contribution in [0.15, 0.2) is 24.3 Å². The Hall–Kier alpha value is -0.240. The molecule has 2 atom stereocenters. The number of hydrogen-bond donors (Lipinski definition) is 1. The quantitative estimate of drug-likeness (QED) is 0.851. The van der Waals surface area contributed by atoms with Gasteiger partial charge in [-0.3, -0.25) is 0 Å². The van der Waals surface area contributed by atoms with Crippen LogP contribution in [0.25, 0.3) is 0 Å². The van der Waals surface area contributed by atoms with Gasteiger partial charge in [0.1, 0.15) is 0 Å². The van der Waals surface area contributed by atoms with Crippen LogP contribution >= 0.6 is 24.0 Å². The summed E-state index contributed by atoms with van der Waals surface area (Å²) in [4.78, 5) is 0. The second-order valence-electron chi connectivity index (χ2n) is 7.45. The van der Waals surface area contributed by atoms with E-state index in [-0.39, 0.29) is 12.4 Å². The summed E-state index contributed by atoms with van der Waals surface area (Å²) in [6.07, 6.45) is 8.30. The first-order valence-electron chi connectivity index (χ1n) is 7.59. The first kappa shape index (κ1) is 14.7. The van der Waals surface area contributed by atoms with Crippen molar-refractivity contribution in [2.75, 3.05) is 6.54 Å². The van der Waals surface area contributed by atoms with E-state index in [4.69, 9.17) is 17.3 Å². The average Bonchev–Trinajstić information content (AvgIpc) is 2.38. The number of nitrogens with two attached hydrogens (primary N) is 1. The highest BCUT2D eigenvalue weighted by Crippen LogP contribution is 2.65. The molecule has 1 nitrogen and oxygen atoms in total. The zero-order chi connectivity index (χ0) is 13.1. The van der Waals surface area contributed by atoms with Crippen LogP contribution in [0.5, 0.6) is 0 Å². The Kier molecular flexibility index (Phi) is 3.60. The molecule has 4 saturated carbocycles. The largest absolute Gasteiger partial charge is 0.330 e. The van der Waals surface area contributed by atoms with E-state index < -0.39 is 0 Å². The Balaban J connectivity index is 0.00000121. The van der Waals surface area contributed by atoms with Gasteiger partial charge in [0.2, 0.25) is 0 Å². The molecule has 0 aliphatic heterocycles. The summed E-state index contributed by atoms with van der Waals surface area (Å²) in [7, 11) is 0. The lowest BCUT2D eigenvalue weighted by Gasteiger charge is -2.62. The smallest absolute Gasteiger partial charge is 0.0406 e. The molecule has 0 radical (unpaired) electrons. The highest BCUT2D eigenvalue weighted by molar-refractivity contribution is 6.30. The lowest BCUT2D eigenvalue weighted by Crippen LogP contribution is -2.56. The van der Waals surface area contributed by atoms with Gasteiger partial charge in [0.15, 0.2) is 0 Å². The third-order valence-corrected chi connectivity index (χ3v) is 6.32. The topological polar surface area (TPSA) is 26.0 Å². The molecule has 5 rings (SSSR count). The van der Waals surface area contributed by atoms with Crippen molar-refractivity contribution in [2.24, 2.45) is 23.0 Å². The standard InChI is InChI=1S/C17H22ClN.ClH/c18-15-3-1-14(2-4-15)17-8-12-5-13(9-17)7-16(6-12,10-17)11-19;/h1-4,12-13H,5-11,19H2;1H. The molecule has 3 heteroatoms. The van der Waals surface area contributed by atoms with Gasteiger partial charge in [0.25, 0.3) is 0 Å². The molecule has 4 fully saturated rings. The first-order valence-corrected chi connectivity index (χ1v) is 7.97. The van der Waals surface area contributed by atoms with Gasteiger partial charge in [-0.2, -0.15) is 0 Å². The van der Waals surface area contributed by atoms with Crippen molar-refractivity contribution in [1.29, 1.82) is 0 Å². The number of halogens is 2. The molecule has 2 unspecified atom stereocenters. The van der Waals surface area contributed by atoms with E-state index in [1.165, 1.54) is 44.1 Å². The minimum atomic E-state index is 0. The van der Waals surface area contributed by atoms with E-state index in [2.05, 4.69) is 24.3 Å². The van der Waals surface area contributed by atoms with E-state index in [9.17, 15) is 0 Å². The molecular formula is C17H23Cl2N. The molecule has 110 valence electrons. The molecule has 1 aromatic carbocycles. The second kappa shape index (κ2) is 4.90. The van der Waals surface area contributed by atoms with Gasteiger partial charge in [-0.25, -0.2) is 0 Å². The molecule has 0 saturated heterocycles. The Bertz CT molecular complexity index is 482. The fraction of sp³-hybridized carbons (Fsp3) is 0.647. The molecule has 0 heterocycles. The molecule has 0 amide bonds. The summed E-state index contributed by atoms with van der Waals surface area (Å²) >= 11 is 6.05. The van der Waals surface area contributed by atoms with Crippen molar-refractivity contribution < 1.29 is 0 Å². The number of hydrogen-bond acceptors (Lipinski definition) is 1. The fourth-order valence-electron chi connectivity index (χ4n) is 5.83. The first-order chi connectivity index (χ1) is 9.13. The Morgan fingerprint density at radius 3 is 2.20 bits per heavy atom. The predicted octanol–water partition coefficient (Wildman–Crippen LogP) is 4.56. The van der Waals surface area contributed by atoms with Crippen molar-refractivity contribution in [3.05, 3.63) is 34.9 Å². The maximum Gasteiger partial charge on any atom is 0.0406 e. The van der Waals surface area contributed by atoms with E-state index in [1.807, 2.05) is 0 Å². The van der Waals surface area contributed by atoms with E-state index in [1.54, 1.807) is 0 Å². The fourth-order valence-corrected chi connectivity index (χ4v) is 5.96. The summed E-state index contributed by atoms with van der Waals surface area (Å²) in [6, 6.07) is 8.65. The van der Waals surface area contributed by atoms with Crippen molar-refractivity contribution in [1.82, 2.24) is 0 Å². The maximum atomic E-state index is 6.17. The van der Waals surface area contributed by atoms with Crippen molar-refractivity contribution in [3.63, 3.8) is 0 Å². The average molecular weight is 312 g/mol. The van der Waals surface area contributed by atoms with Crippen molar-refractivity contribution >= 4 is 24.0 Å². The zero-order valence-electron chi connectivity index (χ0n) is 11.8. The van der Waals surface area contributed by atoms with E-state index in [0.717, 1.165) is 23.4 Å². The molecule has 20 heavy (non-hydrogen) atoms. The monoisotopic (exact) mass is 311 g/mol. The lowest BCUT2D eigenvalue weighted by molar-refractivity contribution is -0.0666. The molecule has 4 aliphatic carbocycles. The van der Waals surface area contributed by atoms with Crippen LogP contribution in [0.4, 0.5) is 0 Å². The van der Waals surface area contributed by atoms with E-state index in [0.29, 0.717) is 10.8 Å². The van der Waals surface area contributed by atoms with Crippen LogP contribution in [0.2, 0.25) is 5.02 Å². The summed E-state index contributed by atoms with van der Waals surface area (Å²) in [5, 5.41) is 0.849.